The molecule has 0 bridgehead atoms. The van der Waals surface area contributed by atoms with Gasteiger partial charge < -0.3 is 0 Å². The van der Waals surface area contributed by atoms with Crippen LogP contribution in [0.5, 0.6) is 0 Å². The van der Waals surface area contributed by atoms with Gasteiger partial charge in [-0.05, 0) is 35.9 Å². The number of hydrogen-bond donors (Lipinski definition) is 0. The molecule has 1 aliphatic rings. The fraction of sp³-hybridized carbons (Fsp3) is 0.167. The molecule has 0 radical (unpaired) electrons. The third kappa shape index (κ3) is 2.65. The highest BCUT2D eigenvalue weighted by Crippen LogP contribution is 2.27. The molecule has 0 aliphatic carbocycles. The summed E-state index contributed by atoms with van der Waals surface area (Å²) < 4.78 is 27.4. The van der Waals surface area contributed by atoms with Gasteiger partial charge in [-0.2, -0.15) is 9.57 Å². The Hall–Kier alpha value is -2.82. The summed E-state index contributed by atoms with van der Waals surface area (Å²) in [5, 5.41) is 10.1. The maximum atomic E-state index is 13.0. The standard InChI is InChI=1S/C18H14N4O2S/c19-11-14-4-1-2-6-17(14)25(23,24)22-9-7-16-15(12-22)10-13-5-3-8-20-18(13)21-16/h1-6,8,10H,7,9,12H2. The highest BCUT2D eigenvalue weighted by atomic mass is 32.2. The molecular weight excluding hydrogens is 336 g/mol. The zero-order chi connectivity index (χ0) is 17.4. The topological polar surface area (TPSA) is 87.0 Å². The van der Waals surface area contributed by atoms with Gasteiger partial charge in [-0.1, -0.05) is 12.1 Å². The smallest absolute Gasteiger partial charge is 0.237 e. The maximum Gasteiger partial charge on any atom is 0.244 e. The fourth-order valence-corrected chi connectivity index (χ4v) is 4.63. The lowest BCUT2D eigenvalue weighted by Crippen LogP contribution is -2.36. The van der Waals surface area contributed by atoms with Gasteiger partial charge in [0.05, 0.1) is 10.5 Å². The van der Waals surface area contributed by atoms with Crippen molar-refractivity contribution in [3.8, 4) is 6.07 Å². The molecule has 3 aromatic rings. The Labute approximate surface area is 145 Å². The average molecular weight is 350 g/mol. The number of nitrogens with zero attached hydrogens (tertiary/aromatic N) is 4. The molecule has 25 heavy (non-hydrogen) atoms. The van der Waals surface area contributed by atoms with E-state index in [-0.39, 0.29) is 17.0 Å². The molecule has 3 heterocycles. The lowest BCUT2D eigenvalue weighted by atomic mass is 10.1. The molecule has 2 aromatic heterocycles. The van der Waals surface area contributed by atoms with Crippen LogP contribution in [0.4, 0.5) is 0 Å². The first kappa shape index (κ1) is 15.7. The van der Waals surface area contributed by atoms with E-state index in [1.807, 2.05) is 24.3 Å². The van der Waals surface area contributed by atoms with Crippen molar-refractivity contribution in [3.63, 3.8) is 0 Å². The van der Waals surface area contributed by atoms with E-state index in [1.165, 1.54) is 16.4 Å². The number of pyridine rings is 2. The number of aromatic nitrogens is 2. The fourth-order valence-electron chi connectivity index (χ4n) is 3.07. The van der Waals surface area contributed by atoms with Crippen molar-refractivity contribution in [2.24, 2.45) is 0 Å². The summed E-state index contributed by atoms with van der Waals surface area (Å²) in [4.78, 5) is 8.85. The first-order chi connectivity index (χ1) is 12.1. The molecule has 1 aliphatic heterocycles. The van der Waals surface area contributed by atoms with Crippen LogP contribution < -0.4 is 0 Å². The van der Waals surface area contributed by atoms with Crippen LogP contribution in [0.15, 0.2) is 53.6 Å². The maximum absolute atomic E-state index is 13.0. The van der Waals surface area contributed by atoms with E-state index in [1.54, 1.807) is 18.3 Å². The van der Waals surface area contributed by atoms with E-state index in [0.29, 0.717) is 18.6 Å². The molecule has 0 atom stereocenters. The molecule has 0 N–H and O–H groups in total. The van der Waals surface area contributed by atoms with Crippen LogP contribution in [0, 0.1) is 11.3 Å². The molecule has 1 aromatic carbocycles. The molecule has 0 unspecified atom stereocenters. The largest absolute Gasteiger partial charge is 0.244 e. The predicted octanol–water partition coefficient (Wildman–Crippen LogP) is 2.25. The van der Waals surface area contributed by atoms with Crippen molar-refractivity contribution >= 4 is 21.1 Å². The van der Waals surface area contributed by atoms with Crippen LogP contribution in [0.3, 0.4) is 0 Å². The minimum atomic E-state index is -3.73. The summed E-state index contributed by atoms with van der Waals surface area (Å²) in [5.74, 6) is 0. The molecule has 7 heteroatoms. The van der Waals surface area contributed by atoms with Gasteiger partial charge in [0.15, 0.2) is 5.65 Å². The lowest BCUT2D eigenvalue weighted by molar-refractivity contribution is 0.388. The highest BCUT2D eigenvalue weighted by molar-refractivity contribution is 7.89. The molecule has 0 fully saturated rings. The Balaban J connectivity index is 1.75. The molecular formula is C18H14N4O2S. The minimum Gasteiger partial charge on any atom is -0.237 e. The average Bonchev–Trinajstić information content (AvgIpc) is 2.65. The molecule has 4 rings (SSSR count). The summed E-state index contributed by atoms with van der Waals surface area (Å²) in [6.07, 6.45) is 2.22. The number of sulfonamides is 1. The molecule has 0 saturated heterocycles. The first-order valence-electron chi connectivity index (χ1n) is 7.82. The van der Waals surface area contributed by atoms with E-state index < -0.39 is 10.0 Å². The molecule has 124 valence electrons. The van der Waals surface area contributed by atoms with Crippen LogP contribution in [-0.2, 0) is 23.0 Å². The van der Waals surface area contributed by atoms with Crippen molar-refractivity contribution in [3.05, 3.63) is 65.5 Å². The quantitative estimate of drug-likeness (QED) is 0.707. The summed E-state index contributed by atoms with van der Waals surface area (Å²) in [5.41, 5.74) is 2.59. The lowest BCUT2D eigenvalue weighted by Gasteiger charge is -2.28. The first-order valence-corrected chi connectivity index (χ1v) is 9.26. The van der Waals surface area contributed by atoms with Crippen molar-refractivity contribution < 1.29 is 8.42 Å². The molecule has 6 nitrogen and oxygen atoms in total. The van der Waals surface area contributed by atoms with Gasteiger partial charge in [0.1, 0.15) is 6.07 Å². The van der Waals surface area contributed by atoms with Crippen LogP contribution in [0.2, 0.25) is 0 Å². The van der Waals surface area contributed by atoms with Gasteiger partial charge >= 0.3 is 0 Å². The summed E-state index contributed by atoms with van der Waals surface area (Å²) in [6.45, 7) is 0.579. The second-order valence-corrected chi connectivity index (χ2v) is 7.75. The third-order valence-corrected chi connectivity index (χ3v) is 6.23. The second-order valence-electron chi connectivity index (χ2n) is 5.84. The Morgan fingerprint density at radius 3 is 2.84 bits per heavy atom. The van der Waals surface area contributed by atoms with Gasteiger partial charge in [-0.15, -0.1) is 0 Å². The Morgan fingerprint density at radius 1 is 1.16 bits per heavy atom. The monoisotopic (exact) mass is 350 g/mol. The van der Waals surface area contributed by atoms with Crippen molar-refractivity contribution in [1.82, 2.24) is 14.3 Å². The molecule has 0 spiro atoms. The van der Waals surface area contributed by atoms with Crippen LogP contribution in [0.25, 0.3) is 11.0 Å². The van der Waals surface area contributed by atoms with E-state index in [9.17, 15) is 13.7 Å². The van der Waals surface area contributed by atoms with Crippen molar-refractivity contribution in [1.29, 1.82) is 5.26 Å². The van der Waals surface area contributed by atoms with E-state index >= 15 is 0 Å². The third-order valence-electron chi connectivity index (χ3n) is 4.33. The Kier molecular flexibility index (Phi) is 3.71. The van der Waals surface area contributed by atoms with Crippen LogP contribution >= 0.6 is 0 Å². The van der Waals surface area contributed by atoms with E-state index in [0.717, 1.165) is 16.6 Å². The zero-order valence-corrected chi connectivity index (χ0v) is 14.1. The summed E-state index contributed by atoms with van der Waals surface area (Å²) in [7, 11) is -3.73. The van der Waals surface area contributed by atoms with Crippen LogP contribution in [-0.4, -0.2) is 29.2 Å². The highest BCUT2D eigenvalue weighted by Gasteiger charge is 2.30. The summed E-state index contributed by atoms with van der Waals surface area (Å²) in [6, 6.07) is 13.9. The number of fused-ring (bicyclic) bond motifs is 2. The normalized spacial score (nSPS) is 14.8. The molecule has 0 saturated carbocycles. The SMILES string of the molecule is N#Cc1ccccc1S(=O)(=O)N1CCc2nc3ncccc3cc2C1. The number of nitriles is 1. The van der Waals surface area contributed by atoms with Gasteiger partial charge in [0, 0.05) is 36.8 Å². The second kappa shape index (κ2) is 5.92. The number of rotatable bonds is 2. The van der Waals surface area contributed by atoms with Gasteiger partial charge in [0.2, 0.25) is 10.0 Å². The zero-order valence-electron chi connectivity index (χ0n) is 13.3. The van der Waals surface area contributed by atoms with E-state index in [2.05, 4.69) is 9.97 Å². The van der Waals surface area contributed by atoms with Crippen LogP contribution in [0.1, 0.15) is 16.8 Å². The van der Waals surface area contributed by atoms with Crippen molar-refractivity contribution in [2.75, 3.05) is 6.54 Å². The van der Waals surface area contributed by atoms with Crippen molar-refractivity contribution in [2.45, 2.75) is 17.9 Å². The number of benzene rings is 1. The Morgan fingerprint density at radius 2 is 2.00 bits per heavy atom. The summed E-state index contributed by atoms with van der Waals surface area (Å²) >= 11 is 0. The molecule has 0 amide bonds. The minimum absolute atomic E-state index is 0.0522. The number of hydrogen-bond acceptors (Lipinski definition) is 5. The predicted molar refractivity (Wildman–Crippen MR) is 92.0 cm³/mol. The Bertz CT molecular complexity index is 1120. The van der Waals surface area contributed by atoms with Gasteiger partial charge in [-0.25, -0.2) is 18.4 Å². The van der Waals surface area contributed by atoms with E-state index in [4.69, 9.17) is 0 Å². The van der Waals surface area contributed by atoms with Gasteiger partial charge in [-0.3, -0.25) is 0 Å². The van der Waals surface area contributed by atoms with Gasteiger partial charge in [0.25, 0.3) is 0 Å².